The van der Waals surface area contributed by atoms with Crippen molar-refractivity contribution in [2.24, 2.45) is 5.41 Å². The molecule has 3 fully saturated rings. The molecule has 33 heavy (non-hydrogen) atoms. The van der Waals surface area contributed by atoms with Gasteiger partial charge in [0.15, 0.2) is 5.60 Å². The van der Waals surface area contributed by atoms with E-state index in [2.05, 4.69) is 24.1 Å². The fourth-order valence-corrected chi connectivity index (χ4v) is 5.53. The molecule has 6 nitrogen and oxygen atoms in total. The van der Waals surface area contributed by atoms with E-state index in [9.17, 15) is 14.0 Å². The van der Waals surface area contributed by atoms with Crippen molar-refractivity contribution in [2.75, 3.05) is 44.7 Å². The third-order valence-corrected chi connectivity index (χ3v) is 7.48. The van der Waals surface area contributed by atoms with Crippen molar-refractivity contribution in [1.82, 2.24) is 9.80 Å². The average molecular weight is 452 g/mol. The Labute approximate surface area is 193 Å². The van der Waals surface area contributed by atoms with E-state index in [0.29, 0.717) is 31.7 Å². The molecule has 0 bridgehead atoms. The smallest absolute Gasteiger partial charge is 0.415 e. The number of anilines is 1. The first-order chi connectivity index (χ1) is 15.9. The van der Waals surface area contributed by atoms with Crippen LogP contribution >= 0.6 is 0 Å². The van der Waals surface area contributed by atoms with E-state index >= 15 is 0 Å². The lowest BCUT2D eigenvalue weighted by Gasteiger charge is -2.42. The van der Waals surface area contributed by atoms with Crippen LogP contribution in [0.4, 0.5) is 14.9 Å². The number of nitrogens with zero attached hydrogens (tertiary/aromatic N) is 3. The third-order valence-electron chi connectivity index (χ3n) is 7.48. The summed E-state index contributed by atoms with van der Waals surface area (Å²) in [6.45, 7) is 3.05. The quantitative estimate of drug-likeness (QED) is 0.711. The van der Waals surface area contributed by atoms with Crippen molar-refractivity contribution < 1.29 is 18.7 Å². The fourth-order valence-electron chi connectivity index (χ4n) is 5.53. The fraction of sp³-hybridized carbons (Fsp3) is 0.462. The molecule has 3 saturated heterocycles. The van der Waals surface area contributed by atoms with Crippen LogP contribution in [0.5, 0.6) is 0 Å². The Bertz CT molecular complexity index is 1040. The number of halogens is 1. The van der Waals surface area contributed by atoms with E-state index in [4.69, 9.17) is 4.74 Å². The van der Waals surface area contributed by atoms with Crippen LogP contribution in [0.25, 0.3) is 0 Å². The molecule has 0 aliphatic carbocycles. The van der Waals surface area contributed by atoms with Gasteiger partial charge in [0.2, 0.25) is 5.91 Å². The summed E-state index contributed by atoms with van der Waals surface area (Å²) in [5.74, 6) is -0.230. The average Bonchev–Trinajstić information content (AvgIpc) is 3.38. The summed E-state index contributed by atoms with van der Waals surface area (Å²) < 4.78 is 19.5. The molecule has 0 N–H and O–H groups in total. The van der Waals surface area contributed by atoms with Crippen molar-refractivity contribution in [3.8, 4) is 0 Å². The molecule has 2 aromatic rings. The molecule has 2 amide bonds. The Kier molecular flexibility index (Phi) is 5.60. The van der Waals surface area contributed by atoms with E-state index in [1.54, 1.807) is 12.1 Å². The SMILES string of the molecule is CN1CCC(Cc2ccccc2)(C(=O)N2CC[C@@]3(C2)CN(c2cccc(F)c2)C(=O)O3)CC1. The molecule has 174 valence electrons. The summed E-state index contributed by atoms with van der Waals surface area (Å²) in [4.78, 5) is 32.2. The molecule has 1 spiro atoms. The molecule has 0 saturated carbocycles. The second-order valence-corrected chi connectivity index (χ2v) is 9.84. The highest BCUT2D eigenvalue weighted by atomic mass is 19.1. The highest BCUT2D eigenvalue weighted by Crippen LogP contribution is 2.41. The van der Waals surface area contributed by atoms with Crippen molar-refractivity contribution in [2.45, 2.75) is 31.3 Å². The van der Waals surface area contributed by atoms with Crippen LogP contribution < -0.4 is 4.90 Å². The molecule has 3 aliphatic rings. The van der Waals surface area contributed by atoms with Gasteiger partial charge in [0.1, 0.15) is 5.82 Å². The van der Waals surface area contributed by atoms with Gasteiger partial charge in [-0.05, 0) is 63.2 Å². The summed E-state index contributed by atoms with van der Waals surface area (Å²) in [5.41, 5.74) is 0.481. The van der Waals surface area contributed by atoms with Gasteiger partial charge in [-0.1, -0.05) is 36.4 Å². The van der Waals surface area contributed by atoms with Crippen molar-refractivity contribution in [1.29, 1.82) is 0 Å². The minimum absolute atomic E-state index is 0.164. The maximum atomic E-state index is 14.0. The number of amides is 2. The topological polar surface area (TPSA) is 53.1 Å². The van der Waals surface area contributed by atoms with Crippen LogP contribution in [0.1, 0.15) is 24.8 Å². The molecule has 0 radical (unpaired) electrons. The summed E-state index contributed by atoms with van der Waals surface area (Å²) in [6, 6.07) is 16.2. The zero-order chi connectivity index (χ0) is 23.1. The summed E-state index contributed by atoms with van der Waals surface area (Å²) in [5, 5.41) is 0. The van der Waals surface area contributed by atoms with Crippen molar-refractivity contribution in [3.63, 3.8) is 0 Å². The number of carbonyl (C=O) groups is 2. The van der Waals surface area contributed by atoms with E-state index in [1.165, 1.54) is 22.6 Å². The van der Waals surface area contributed by atoms with Crippen LogP contribution in [0.15, 0.2) is 54.6 Å². The zero-order valence-electron chi connectivity index (χ0n) is 19.0. The van der Waals surface area contributed by atoms with Crippen LogP contribution in [-0.2, 0) is 16.0 Å². The number of rotatable bonds is 4. The number of hydrogen-bond acceptors (Lipinski definition) is 4. The highest BCUT2D eigenvalue weighted by molar-refractivity contribution is 5.91. The molecular formula is C26H30FN3O3. The predicted molar refractivity (Wildman–Crippen MR) is 123 cm³/mol. The van der Waals surface area contributed by atoms with Crippen LogP contribution in [0, 0.1) is 11.2 Å². The maximum Gasteiger partial charge on any atom is 0.415 e. The monoisotopic (exact) mass is 451 g/mol. The third kappa shape index (κ3) is 4.22. The van der Waals surface area contributed by atoms with Crippen LogP contribution in [0.2, 0.25) is 0 Å². The first-order valence-electron chi connectivity index (χ1n) is 11.7. The van der Waals surface area contributed by atoms with Crippen molar-refractivity contribution >= 4 is 17.7 Å². The number of ether oxygens (including phenoxy) is 1. The predicted octanol–water partition coefficient (Wildman–Crippen LogP) is 3.71. The van der Waals surface area contributed by atoms with Gasteiger partial charge >= 0.3 is 6.09 Å². The number of hydrogen-bond donors (Lipinski definition) is 0. The Morgan fingerprint density at radius 2 is 1.76 bits per heavy atom. The summed E-state index contributed by atoms with van der Waals surface area (Å²) >= 11 is 0. The Balaban J connectivity index is 1.34. The van der Waals surface area contributed by atoms with Gasteiger partial charge in [0.05, 0.1) is 24.2 Å². The van der Waals surface area contributed by atoms with E-state index in [-0.39, 0.29) is 5.91 Å². The molecule has 3 heterocycles. The van der Waals surface area contributed by atoms with Crippen molar-refractivity contribution in [3.05, 3.63) is 66.0 Å². The minimum atomic E-state index is -0.738. The van der Waals surface area contributed by atoms with Gasteiger partial charge in [-0.2, -0.15) is 0 Å². The van der Waals surface area contributed by atoms with Gasteiger partial charge in [-0.3, -0.25) is 9.69 Å². The second kappa shape index (κ2) is 8.45. The lowest BCUT2D eigenvalue weighted by Crippen LogP contribution is -2.51. The largest absolute Gasteiger partial charge is 0.439 e. The Morgan fingerprint density at radius 3 is 2.48 bits per heavy atom. The number of piperidine rings is 1. The van der Waals surface area contributed by atoms with Gasteiger partial charge < -0.3 is 14.5 Å². The van der Waals surface area contributed by atoms with Gasteiger partial charge in [-0.15, -0.1) is 0 Å². The number of likely N-dealkylation sites (tertiary alicyclic amines) is 2. The summed E-state index contributed by atoms with van der Waals surface area (Å²) in [7, 11) is 2.10. The van der Waals surface area contributed by atoms with E-state index in [1.807, 2.05) is 23.1 Å². The molecule has 2 aromatic carbocycles. The molecular weight excluding hydrogens is 421 g/mol. The number of benzene rings is 2. The first kappa shape index (κ1) is 21.9. The lowest BCUT2D eigenvalue weighted by molar-refractivity contribution is -0.144. The number of carbonyl (C=O) groups excluding carboxylic acids is 2. The van der Waals surface area contributed by atoms with E-state index < -0.39 is 22.9 Å². The zero-order valence-corrected chi connectivity index (χ0v) is 19.0. The van der Waals surface area contributed by atoms with Gasteiger partial charge in [0.25, 0.3) is 0 Å². The minimum Gasteiger partial charge on any atom is -0.439 e. The van der Waals surface area contributed by atoms with Gasteiger partial charge in [0, 0.05) is 13.0 Å². The molecule has 5 rings (SSSR count). The van der Waals surface area contributed by atoms with Gasteiger partial charge in [-0.25, -0.2) is 9.18 Å². The van der Waals surface area contributed by atoms with E-state index in [0.717, 1.165) is 32.4 Å². The molecule has 0 unspecified atom stereocenters. The second-order valence-electron chi connectivity index (χ2n) is 9.84. The normalized spacial score (nSPS) is 25.0. The molecule has 1 atom stereocenters. The maximum absolute atomic E-state index is 14.0. The standard InChI is InChI=1S/C26H30FN3O3/c1-28-13-10-25(11-14-28,17-20-6-3-2-4-7-20)23(31)29-15-12-26(18-29)19-30(24(32)33-26)22-9-5-8-21(27)16-22/h2-9,16H,10-15,17-19H2,1H3/t26-/m1/s1. The Hall–Kier alpha value is -2.93. The lowest BCUT2D eigenvalue weighted by atomic mass is 9.72. The molecule has 7 heteroatoms. The molecule has 0 aromatic heterocycles. The Morgan fingerprint density at radius 1 is 1.00 bits per heavy atom. The highest BCUT2D eigenvalue weighted by Gasteiger charge is 2.53. The van der Waals surface area contributed by atoms with Crippen LogP contribution in [0.3, 0.4) is 0 Å². The first-order valence-corrected chi connectivity index (χ1v) is 11.7. The molecule has 3 aliphatic heterocycles. The summed E-state index contributed by atoms with van der Waals surface area (Å²) in [6.07, 6.45) is 2.47. The van der Waals surface area contributed by atoms with Crippen LogP contribution in [-0.4, -0.2) is 67.2 Å².